The van der Waals surface area contributed by atoms with Gasteiger partial charge in [-0.05, 0) is 39.2 Å². The van der Waals surface area contributed by atoms with Gasteiger partial charge in [0.25, 0.3) is 0 Å². The molecule has 1 heterocycles. The SMILES string of the molecule is CC(C)CC(C)N(C)CC1CCC(CN)O1. The Morgan fingerprint density at radius 1 is 1.25 bits per heavy atom. The summed E-state index contributed by atoms with van der Waals surface area (Å²) in [5.74, 6) is 0.763. The Morgan fingerprint density at radius 3 is 2.38 bits per heavy atom. The van der Waals surface area contributed by atoms with Gasteiger partial charge in [0.1, 0.15) is 0 Å². The van der Waals surface area contributed by atoms with Gasteiger partial charge in [0, 0.05) is 19.1 Å². The van der Waals surface area contributed by atoms with Crippen LogP contribution in [0.25, 0.3) is 0 Å². The lowest BCUT2D eigenvalue weighted by molar-refractivity contribution is 0.0239. The van der Waals surface area contributed by atoms with Crippen LogP contribution in [-0.2, 0) is 4.74 Å². The van der Waals surface area contributed by atoms with Crippen LogP contribution in [0, 0.1) is 5.92 Å². The largest absolute Gasteiger partial charge is 0.372 e. The van der Waals surface area contributed by atoms with Gasteiger partial charge in [0.15, 0.2) is 0 Å². The van der Waals surface area contributed by atoms with Crippen LogP contribution in [0.5, 0.6) is 0 Å². The van der Waals surface area contributed by atoms with Crippen molar-refractivity contribution in [2.45, 2.75) is 58.3 Å². The fraction of sp³-hybridized carbons (Fsp3) is 1.00. The van der Waals surface area contributed by atoms with Gasteiger partial charge >= 0.3 is 0 Å². The van der Waals surface area contributed by atoms with Crippen molar-refractivity contribution in [1.82, 2.24) is 4.90 Å². The fourth-order valence-corrected chi connectivity index (χ4v) is 2.45. The van der Waals surface area contributed by atoms with Crippen molar-refractivity contribution in [2.75, 3.05) is 20.1 Å². The first-order chi connectivity index (χ1) is 7.52. The molecule has 1 fully saturated rings. The normalized spacial score (nSPS) is 27.9. The number of ether oxygens (including phenoxy) is 1. The molecule has 0 saturated carbocycles. The third-order valence-corrected chi connectivity index (χ3v) is 3.51. The van der Waals surface area contributed by atoms with Gasteiger partial charge in [-0.25, -0.2) is 0 Å². The molecular formula is C13H28N2O. The summed E-state index contributed by atoms with van der Waals surface area (Å²) in [4.78, 5) is 2.42. The molecule has 0 aliphatic carbocycles. The molecule has 3 atom stereocenters. The summed E-state index contributed by atoms with van der Waals surface area (Å²) in [6, 6.07) is 0.639. The maximum absolute atomic E-state index is 5.87. The average Bonchev–Trinajstić information content (AvgIpc) is 2.64. The smallest absolute Gasteiger partial charge is 0.0707 e. The zero-order valence-corrected chi connectivity index (χ0v) is 11.3. The second kappa shape index (κ2) is 6.58. The van der Waals surface area contributed by atoms with E-state index in [1.165, 1.54) is 12.8 Å². The molecule has 2 N–H and O–H groups in total. The lowest BCUT2D eigenvalue weighted by Crippen LogP contribution is -2.37. The van der Waals surface area contributed by atoms with Crippen molar-refractivity contribution in [2.24, 2.45) is 11.7 Å². The van der Waals surface area contributed by atoms with E-state index in [4.69, 9.17) is 10.5 Å². The molecule has 3 heteroatoms. The molecule has 0 aromatic rings. The minimum atomic E-state index is 0.304. The molecule has 0 aromatic carbocycles. The topological polar surface area (TPSA) is 38.5 Å². The molecule has 1 aliphatic heterocycles. The summed E-state index contributed by atoms with van der Waals surface area (Å²) < 4.78 is 5.87. The van der Waals surface area contributed by atoms with Crippen LogP contribution >= 0.6 is 0 Å². The number of rotatable bonds is 6. The van der Waals surface area contributed by atoms with Crippen LogP contribution in [0.2, 0.25) is 0 Å². The fourth-order valence-electron chi connectivity index (χ4n) is 2.45. The van der Waals surface area contributed by atoms with E-state index in [1.54, 1.807) is 0 Å². The Bertz CT molecular complexity index is 196. The number of hydrogen-bond donors (Lipinski definition) is 1. The quantitative estimate of drug-likeness (QED) is 0.754. The van der Waals surface area contributed by atoms with Gasteiger partial charge < -0.3 is 15.4 Å². The van der Waals surface area contributed by atoms with Crippen molar-refractivity contribution in [3.8, 4) is 0 Å². The summed E-state index contributed by atoms with van der Waals surface area (Å²) >= 11 is 0. The lowest BCUT2D eigenvalue weighted by Gasteiger charge is -2.28. The van der Waals surface area contributed by atoms with Crippen LogP contribution in [0.15, 0.2) is 0 Å². The highest BCUT2D eigenvalue weighted by atomic mass is 16.5. The highest BCUT2D eigenvalue weighted by molar-refractivity contribution is 4.78. The average molecular weight is 228 g/mol. The van der Waals surface area contributed by atoms with E-state index < -0.39 is 0 Å². The predicted octanol–water partition coefficient (Wildman–Crippen LogP) is 1.86. The zero-order chi connectivity index (χ0) is 12.1. The van der Waals surface area contributed by atoms with E-state index in [2.05, 4.69) is 32.7 Å². The van der Waals surface area contributed by atoms with Gasteiger partial charge in [0.05, 0.1) is 12.2 Å². The molecule has 1 aliphatic rings. The van der Waals surface area contributed by atoms with Gasteiger partial charge in [-0.2, -0.15) is 0 Å². The predicted molar refractivity (Wildman–Crippen MR) is 68.5 cm³/mol. The highest BCUT2D eigenvalue weighted by Crippen LogP contribution is 2.20. The first-order valence-electron chi connectivity index (χ1n) is 6.58. The van der Waals surface area contributed by atoms with E-state index in [9.17, 15) is 0 Å². The summed E-state index contributed by atoms with van der Waals surface area (Å²) in [6.07, 6.45) is 4.25. The molecule has 3 unspecified atom stereocenters. The summed E-state index contributed by atoms with van der Waals surface area (Å²) in [5, 5.41) is 0. The van der Waals surface area contributed by atoms with E-state index in [-0.39, 0.29) is 0 Å². The van der Waals surface area contributed by atoms with E-state index in [0.717, 1.165) is 18.9 Å². The van der Waals surface area contributed by atoms with E-state index in [0.29, 0.717) is 24.8 Å². The van der Waals surface area contributed by atoms with E-state index in [1.807, 2.05) is 0 Å². The molecule has 96 valence electrons. The number of hydrogen-bond acceptors (Lipinski definition) is 3. The highest BCUT2D eigenvalue weighted by Gasteiger charge is 2.26. The molecule has 1 rings (SSSR count). The molecule has 1 saturated heterocycles. The molecule has 0 spiro atoms. The summed E-state index contributed by atoms with van der Waals surface area (Å²) in [6.45, 7) is 8.57. The maximum atomic E-state index is 5.87. The third kappa shape index (κ3) is 4.40. The molecule has 0 radical (unpaired) electrons. The number of likely N-dealkylation sites (N-methyl/N-ethyl adjacent to an activating group) is 1. The Kier molecular flexibility index (Phi) is 5.73. The molecule has 0 amide bonds. The minimum Gasteiger partial charge on any atom is -0.372 e. The van der Waals surface area contributed by atoms with Crippen LogP contribution < -0.4 is 5.73 Å². The van der Waals surface area contributed by atoms with Gasteiger partial charge in [-0.15, -0.1) is 0 Å². The Labute approximate surface area is 100 Å². The van der Waals surface area contributed by atoms with Crippen molar-refractivity contribution in [3.05, 3.63) is 0 Å². The molecule has 16 heavy (non-hydrogen) atoms. The van der Waals surface area contributed by atoms with Crippen molar-refractivity contribution in [3.63, 3.8) is 0 Å². The minimum absolute atomic E-state index is 0.304. The molecule has 3 nitrogen and oxygen atoms in total. The van der Waals surface area contributed by atoms with Crippen molar-refractivity contribution in [1.29, 1.82) is 0 Å². The molecule has 0 bridgehead atoms. The monoisotopic (exact) mass is 228 g/mol. The maximum Gasteiger partial charge on any atom is 0.0707 e. The van der Waals surface area contributed by atoms with Gasteiger partial charge in [-0.3, -0.25) is 0 Å². The Hall–Kier alpha value is -0.120. The van der Waals surface area contributed by atoms with E-state index >= 15 is 0 Å². The summed E-state index contributed by atoms with van der Waals surface area (Å²) in [7, 11) is 2.20. The molecule has 0 aromatic heterocycles. The van der Waals surface area contributed by atoms with Crippen LogP contribution in [0.3, 0.4) is 0 Å². The Morgan fingerprint density at radius 2 is 1.88 bits per heavy atom. The second-order valence-corrected chi connectivity index (χ2v) is 5.61. The standard InChI is InChI=1S/C13H28N2O/c1-10(2)7-11(3)15(4)9-13-6-5-12(8-14)16-13/h10-13H,5-9,14H2,1-4H3. The third-order valence-electron chi connectivity index (χ3n) is 3.51. The Balaban J connectivity index is 2.26. The van der Waals surface area contributed by atoms with Crippen LogP contribution in [-0.4, -0.2) is 43.3 Å². The van der Waals surface area contributed by atoms with Gasteiger partial charge in [-0.1, -0.05) is 13.8 Å². The van der Waals surface area contributed by atoms with Crippen molar-refractivity contribution < 1.29 is 4.74 Å². The summed E-state index contributed by atoms with van der Waals surface area (Å²) in [5.41, 5.74) is 5.61. The second-order valence-electron chi connectivity index (χ2n) is 5.61. The van der Waals surface area contributed by atoms with Crippen LogP contribution in [0.1, 0.15) is 40.0 Å². The first kappa shape index (κ1) is 13.9. The van der Waals surface area contributed by atoms with Gasteiger partial charge in [0.2, 0.25) is 0 Å². The first-order valence-corrected chi connectivity index (χ1v) is 6.58. The number of nitrogens with two attached hydrogens (primary N) is 1. The zero-order valence-electron chi connectivity index (χ0n) is 11.3. The van der Waals surface area contributed by atoms with Crippen molar-refractivity contribution >= 4 is 0 Å². The van der Waals surface area contributed by atoms with Crippen LogP contribution in [0.4, 0.5) is 0 Å². The lowest BCUT2D eigenvalue weighted by atomic mass is 10.0. The number of nitrogens with zero attached hydrogens (tertiary/aromatic N) is 1. The molecular weight excluding hydrogens is 200 g/mol.